The van der Waals surface area contributed by atoms with Crippen molar-refractivity contribution in [3.05, 3.63) is 40.9 Å². The quantitative estimate of drug-likeness (QED) is 0.722. The summed E-state index contributed by atoms with van der Waals surface area (Å²) in [5.74, 6) is -0.294. The summed E-state index contributed by atoms with van der Waals surface area (Å²) in [5, 5.41) is 3.79. The zero-order chi connectivity index (χ0) is 10.1. The van der Waals surface area contributed by atoms with Crippen LogP contribution in [0.15, 0.2) is 28.8 Å². The first-order chi connectivity index (χ1) is 6.68. The molecule has 0 aliphatic heterocycles. The summed E-state index contributed by atoms with van der Waals surface area (Å²) in [6.45, 7) is 1.69. The second-order valence-corrected chi connectivity index (χ2v) is 3.33. The molecule has 0 fully saturated rings. The maximum atomic E-state index is 13.6. The summed E-state index contributed by atoms with van der Waals surface area (Å²) in [4.78, 5) is 0. The predicted molar refractivity (Wildman–Crippen MR) is 51.6 cm³/mol. The van der Waals surface area contributed by atoms with E-state index in [1.165, 1.54) is 6.07 Å². The van der Waals surface area contributed by atoms with Gasteiger partial charge in [0.15, 0.2) is 0 Å². The molecule has 0 radical (unpaired) electrons. The zero-order valence-corrected chi connectivity index (χ0v) is 8.18. The molecule has 4 heteroatoms. The highest BCUT2D eigenvalue weighted by atomic mass is 35.5. The average Bonchev–Trinajstić information content (AvgIpc) is 2.57. The van der Waals surface area contributed by atoms with Gasteiger partial charge < -0.3 is 4.52 Å². The topological polar surface area (TPSA) is 26.0 Å². The minimum absolute atomic E-state index is 0.154. The fraction of sp³-hybridized carbons (Fsp3) is 0.100. The normalized spacial score (nSPS) is 10.5. The maximum Gasteiger partial charge on any atom is 0.226 e. The first-order valence-electron chi connectivity index (χ1n) is 4.06. The van der Waals surface area contributed by atoms with Gasteiger partial charge in [0.05, 0.1) is 0 Å². The van der Waals surface area contributed by atoms with Crippen molar-refractivity contribution in [2.24, 2.45) is 0 Å². The lowest BCUT2D eigenvalue weighted by molar-refractivity contribution is 0.423. The van der Waals surface area contributed by atoms with Crippen molar-refractivity contribution < 1.29 is 8.91 Å². The minimum Gasteiger partial charge on any atom is -0.344 e. The van der Waals surface area contributed by atoms with E-state index in [1.54, 1.807) is 25.1 Å². The smallest absolute Gasteiger partial charge is 0.226 e. The van der Waals surface area contributed by atoms with Crippen molar-refractivity contribution >= 4 is 11.6 Å². The second kappa shape index (κ2) is 3.42. The van der Waals surface area contributed by atoms with E-state index < -0.39 is 0 Å². The standard InChI is InChI=1S/C10H7ClFNO/c1-6-3-2-4-7(10(6)12)8-5-9(11)14-13-8/h2-5H,1H3. The first-order valence-corrected chi connectivity index (χ1v) is 4.44. The van der Waals surface area contributed by atoms with E-state index in [0.29, 0.717) is 16.8 Å². The lowest BCUT2D eigenvalue weighted by Crippen LogP contribution is -1.87. The highest BCUT2D eigenvalue weighted by Gasteiger charge is 2.10. The van der Waals surface area contributed by atoms with Gasteiger partial charge in [-0.1, -0.05) is 17.3 Å². The van der Waals surface area contributed by atoms with Gasteiger partial charge in [0.1, 0.15) is 11.5 Å². The van der Waals surface area contributed by atoms with E-state index in [-0.39, 0.29) is 11.0 Å². The molecule has 1 aromatic carbocycles. The molecule has 1 aromatic heterocycles. The van der Waals surface area contributed by atoms with Crippen LogP contribution >= 0.6 is 11.6 Å². The van der Waals surface area contributed by atoms with Crippen LogP contribution in [-0.4, -0.2) is 5.16 Å². The van der Waals surface area contributed by atoms with Gasteiger partial charge in [-0.3, -0.25) is 0 Å². The largest absolute Gasteiger partial charge is 0.344 e. The number of hydrogen-bond donors (Lipinski definition) is 0. The van der Waals surface area contributed by atoms with Gasteiger partial charge in [-0.05, 0) is 30.2 Å². The molecule has 0 amide bonds. The number of rotatable bonds is 1. The van der Waals surface area contributed by atoms with Gasteiger partial charge in [0.25, 0.3) is 0 Å². The molecule has 0 saturated carbocycles. The molecule has 0 spiro atoms. The van der Waals surface area contributed by atoms with Crippen molar-refractivity contribution in [3.8, 4) is 11.3 Å². The predicted octanol–water partition coefficient (Wildman–Crippen LogP) is 3.44. The fourth-order valence-electron chi connectivity index (χ4n) is 1.23. The Kier molecular flexibility index (Phi) is 2.25. The maximum absolute atomic E-state index is 13.6. The van der Waals surface area contributed by atoms with Crippen LogP contribution in [0.4, 0.5) is 4.39 Å². The molecule has 2 aromatic rings. The Morgan fingerprint density at radius 3 is 2.86 bits per heavy atom. The molecule has 0 unspecified atom stereocenters. The third-order valence-corrected chi connectivity index (χ3v) is 2.13. The van der Waals surface area contributed by atoms with Crippen LogP contribution in [0.3, 0.4) is 0 Å². The van der Waals surface area contributed by atoms with Crippen LogP contribution in [-0.2, 0) is 0 Å². The van der Waals surface area contributed by atoms with Crippen molar-refractivity contribution in [2.45, 2.75) is 6.92 Å². The number of aromatic nitrogens is 1. The van der Waals surface area contributed by atoms with Crippen molar-refractivity contribution in [1.29, 1.82) is 0 Å². The van der Waals surface area contributed by atoms with Gasteiger partial charge in [-0.25, -0.2) is 4.39 Å². The van der Waals surface area contributed by atoms with Gasteiger partial charge in [0, 0.05) is 11.6 Å². The summed E-state index contributed by atoms with van der Waals surface area (Å²) < 4.78 is 18.2. The highest BCUT2D eigenvalue weighted by Crippen LogP contribution is 2.25. The summed E-state index contributed by atoms with van der Waals surface area (Å²) in [7, 11) is 0. The molecule has 72 valence electrons. The Labute approximate surface area is 85.3 Å². The average molecular weight is 212 g/mol. The Morgan fingerprint density at radius 2 is 2.21 bits per heavy atom. The molecule has 0 atom stereocenters. The number of nitrogens with zero attached hydrogens (tertiary/aromatic N) is 1. The van der Waals surface area contributed by atoms with E-state index in [4.69, 9.17) is 11.6 Å². The van der Waals surface area contributed by atoms with Crippen LogP contribution in [0, 0.1) is 12.7 Å². The number of hydrogen-bond acceptors (Lipinski definition) is 2. The zero-order valence-electron chi connectivity index (χ0n) is 7.42. The monoisotopic (exact) mass is 211 g/mol. The van der Waals surface area contributed by atoms with Crippen LogP contribution in [0.5, 0.6) is 0 Å². The molecule has 0 bridgehead atoms. The van der Waals surface area contributed by atoms with E-state index in [2.05, 4.69) is 9.68 Å². The van der Waals surface area contributed by atoms with Crippen LogP contribution in [0.25, 0.3) is 11.3 Å². The summed E-state index contributed by atoms with van der Waals surface area (Å²) in [6.07, 6.45) is 0. The Bertz CT molecular complexity index is 467. The van der Waals surface area contributed by atoms with Gasteiger partial charge in [-0.15, -0.1) is 0 Å². The minimum atomic E-state index is -0.294. The molecule has 14 heavy (non-hydrogen) atoms. The Balaban J connectivity index is 2.57. The number of aryl methyl sites for hydroxylation is 1. The summed E-state index contributed by atoms with van der Waals surface area (Å²) in [6, 6.07) is 6.58. The van der Waals surface area contributed by atoms with Crippen LogP contribution in [0.1, 0.15) is 5.56 Å². The molecule has 0 aliphatic carbocycles. The molecular weight excluding hydrogens is 205 g/mol. The van der Waals surface area contributed by atoms with Crippen LogP contribution < -0.4 is 0 Å². The number of benzene rings is 1. The summed E-state index contributed by atoms with van der Waals surface area (Å²) >= 11 is 5.55. The Hall–Kier alpha value is -1.35. The van der Waals surface area contributed by atoms with Gasteiger partial charge in [-0.2, -0.15) is 0 Å². The van der Waals surface area contributed by atoms with E-state index in [1.807, 2.05) is 0 Å². The number of halogens is 2. The molecular formula is C10H7ClFNO. The van der Waals surface area contributed by atoms with E-state index in [9.17, 15) is 4.39 Å². The lowest BCUT2D eigenvalue weighted by Gasteiger charge is -2.00. The molecule has 2 nitrogen and oxygen atoms in total. The van der Waals surface area contributed by atoms with Gasteiger partial charge >= 0.3 is 0 Å². The molecule has 0 aliphatic rings. The van der Waals surface area contributed by atoms with Crippen molar-refractivity contribution in [3.63, 3.8) is 0 Å². The molecule has 0 saturated heterocycles. The van der Waals surface area contributed by atoms with Gasteiger partial charge in [0.2, 0.25) is 5.22 Å². The fourth-order valence-corrected chi connectivity index (χ4v) is 1.36. The molecule has 0 N–H and O–H groups in total. The van der Waals surface area contributed by atoms with E-state index in [0.717, 1.165) is 0 Å². The Morgan fingerprint density at radius 1 is 1.43 bits per heavy atom. The third-order valence-electron chi connectivity index (χ3n) is 1.95. The lowest BCUT2D eigenvalue weighted by atomic mass is 10.1. The molecule has 1 heterocycles. The molecule has 2 rings (SSSR count). The second-order valence-electron chi connectivity index (χ2n) is 2.95. The third kappa shape index (κ3) is 1.51. The van der Waals surface area contributed by atoms with E-state index >= 15 is 0 Å². The van der Waals surface area contributed by atoms with Crippen LogP contribution in [0.2, 0.25) is 5.22 Å². The summed E-state index contributed by atoms with van der Waals surface area (Å²) in [5.41, 5.74) is 1.39. The van der Waals surface area contributed by atoms with Crippen molar-refractivity contribution in [2.75, 3.05) is 0 Å². The highest BCUT2D eigenvalue weighted by molar-refractivity contribution is 6.29. The SMILES string of the molecule is Cc1cccc(-c2cc(Cl)on2)c1F. The van der Waals surface area contributed by atoms with Crippen molar-refractivity contribution in [1.82, 2.24) is 5.16 Å². The first kappa shape index (κ1) is 9.21.